The van der Waals surface area contributed by atoms with Crippen molar-refractivity contribution in [3.8, 4) is 5.75 Å². The van der Waals surface area contributed by atoms with E-state index in [0.29, 0.717) is 0 Å². The zero-order valence-electron chi connectivity index (χ0n) is 13.1. The third kappa shape index (κ3) is 4.79. The Morgan fingerprint density at radius 3 is 2.05 bits per heavy atom. The normalized spacial score (nSPS) is 12.1. The van der Waals surface area contributed by atoms with Gasteiger partial charge < -0.3 is 9.16 Å². The van der Waals surface area contributed by atoms with Crippen LogP contribution in [0.15, 0.2) is 54.6 Å². The van der Waals surface area contributed by atoms with Crippen molar-refractivity contribution in [2.45, 2.75) is 19.6 Å². The highest BCUT2D eigenvalue weighted by Crippen LogP contribution is 2.24. The van der Waals surface area contributed by atoms with Crippen LogP contribution in [0.1, 0.15) is 11.1 Å². The van der Waals surface area contributed by atoms with Gasteiger partial charge in [0.05, 0.1) is 7.11 Å². The van der Waals surface area contributed by atoms with Crippen LogP contribution in [0, 0.1) is 0 Å². The lowest BCUT2D eigenvalue weighted by molar-refractivity contribution is 0.415. The summed E-state index contributed by atoms with van der Waals surface area (Å²) >= 11 is 0. The van der Waals surface area contributed by atoms with Crippen LogP contribution >= 0.6 is 0 Å². The Morgan fingerprint density at radius 2 is 1.52 bits per heavy atom. The first-order valence-electron chi connectivity index (χ1n) is 7.08. The van der Waals surface area contributed by atoms with Crippen LogP contribution in [0.5, 0.6) is 5.75 Å². The van der Waals surface area contributed by atoms with Gasteiger partial charge in [-0.05, 0) is 43.4 Å². The fourth-order valence-corrected chi connectivity index (χ4v) is 2.79. The monoisotopic (exact) mass is 298 g/mol. The van der Waals surface area contributed by atoms with Gasteiger partial charge in [0, 0.05) is 5.56 Å². The van der Waals surface area contributed by atoms with Gasteiger partial charge in [0.25, 0.3) is 0 Å². The molecule has 3 heteroatoms. The highest BCUT2D eigenvalue weighted by Gasteiger charge is 2.18. The van der Waals surface area contributed by atoms with Crippen molar-refractivity contribution >= 4 is 20.2 Å². The Balaban J connectivity index is 2.36. The van der Waals surface area contributed by atoms with Gasteiger partial charge in [0.1, 0.15) is 11.5 Å². The second kappa shape index (κ2) is 6.63. The van der Waals surface area contributed by atoms with E-state index in [4.69, 9.17) is 9.16 Å². The van der Waals surface area contributed by atoms with E-state index in [1.165, 1.54) is 0 Å². The summed E-state index contributed by atoms with van der Waals surface area (Å²) in [5, 5.41) is 0. The molecule has 0 fully saturated rings. The fourth-order valence-electron chi connectivity index (χ4n) is 1.96. The Bertz CT molecular complexity index is 595. The van der Waals surface area contributed by atoms with Crippen molar-refractivity contribution < 1.29 is 9.16 Å². The molecule has 0 aliphatic rings. The Kier molecular flexibility index (Phi) is 4.86. The molecule has 0 bridgehead atoms. The Hall–Kier alpha value is -2.00. The fraction of sp³-hybridized carbons (Fsp3) is 0.222. The molecule has 0 saturated heterocycles. The van der Waals surface area contributed by atoms with Crippen LogP contribution in [-0.4, -0.2) is 15.4 Å². The Morgan fingerprint density at radius 1 is 0.905 bits per heavy atom. The molecule has 0 amide bonds. The highest BCUT2D eigenvalue weighted by atomic mass is 28.4. The molecule has 0 aliphatic heterocycles. The molecule has 0 radical (unpaired) electrons. The van der Waals surface area contributed by atoms with Gasteiger partial charge in [-0.2, -0.15) is 0 Å². The van der Waals surface area contributed by atoms with Crippen LogP contribution in [0.3, 0.4) is 0 Å². The molecule has 2 nitrogen and oxygen atoms in total. The number of benzene rings is 2. The zero-order chi connectivity index (χ0) is 15.3. The molecule has 2 rings (SSSR count). The third-order valence-electron chi connectivity index (χ3n) is 2.89. The standard InChI is InChI=1S/C18H22O2Si/c1-19-17-12-10-15(11-13-17)14-18(20-21(2,3)4)16-8-6-5-7-9-16/h5-14H,1-4H3. The van der Waals surface area contributed by atoms with Crippen LogP contribution < -0.4 is 4.74 Å². The molecule has 0 saturated carbocycles. The predicted octanol–water partition coefficient (Wildman–Crippen LogP) is 5.04. The molecular weight excluding hydrogens is 276 g/mol. The highest BCUT2D eigenvalue weighted by molar-refractivity contribution is 6.70. The maximum Gasteiger partial charge on any atom is 0.242 e. The van der Waals surface area contributed by atoms with Crippen LogP contribution in [0.25, 0.3) is 11.8 Å². The zero-order valence-corrected chi connectivity index (χ0v) is 14.1. The molecule has 0 aliphatic carbocycles. The van der Waals surface area contributed by atoms with Gasteiger partial charge in [-0.1, -0.05) is 42.5 Å². The van der Waals surface area contributed by atoms with E-state index in [2.05, 4.69) is 37.8 Å². The van der Waals surface area contributed by atoms with Crippen LogP contribution in [-0.2, 0) is 4.43 Å². The summed E-state index contributed by atoms with van der Waals surface area (Å²) in [6.07, 6.45) is 2.09. The quantitative estimate of drug-likeness (QED) is 0.437. The molecule has 0 heterocycles. The predicted molar refractivity (Wildman–Crippen MR) is 91.7 cm³/mol. The van der Waals surface area contributed by atoms with Crippen molar-refractivity contribution in [2.75, 3.05) is 7.11 Å². The van der Waals surface area contributed by atoms with Crippen molar-refractivity contribution in [3.63, 3.8) is 0 Å². The molecule has 0 N–H and O–H groups in total. The Labute approximate surface area is 128 Å². The average Bonchev–Trinajstić information content (AvgIpc) is 2.47. The maximum absolute atomic E-state index is 6.25. The molecule has 0 aromatic heterocycles. The summed E-state index contributed by atoms with van der Waals surface area (Å²) < 4.78 is 11.4. The van der Waals surface area contributed by atoms with Gasteiger partial charge in [-0.15, -0.1) is 0 Å². The first-order chi connectivity index (χ1) is 9.98. The number of methoxy groups -OCH3 is 1. The molecule has 2 aromatic rings. The van der Waals surface area contributed by atoms with Crippen molar-refractivity contribution in [2.24, 2.45) is 0 Å². The summed E-state index contributed by atoms with van der Waals surface area (Å²) in [5.74, 6) is 1.79. The second-order valence-electron chi connectivity index (χ2n) is 5.86. The first kappa shape index (κ1) is 15.4. The molecule has 0 unspecified atom stereocenters. The minimum atomic E-state index is -1.67. The largest absolute Gasteiger partial charge is 0.544 e. The average molecular weight is 298 g/mol. The van der Waals surface area contributed by atoms with Gasteiger partial charge in [-0.3, -0.25) is 0 Å². The van der Waals surface area contributed by atoms with Gasteiger partial charge in [-0.25, -0.2) is 0 Å². The van der Waals surface area contributed by atoms with Crippen molar-refractivity contribution in [3.05, 3.63) is 65.7 Å². The molecule has 2 aromatic carbocycles. The number of ether oxygens (including phenoxy) is 1. The van der Waals surface area contributed by atoms with Crippen molar-refractivity contribution in [1.82, 2.24) is 0 Å². The SMILES string of the molecule is COc1ccc(C=C(O[Si](C)(C)C)c2ccccc2)cc1. The minimum Gasteiger partial charge on any atom is -0.544 e. The lowest BCUT2D eigenvalue weighted by atomic mass is 10.1. The van der Waals surface area contributed by atoms with E-state index in [1.807, 2.05) is 42.5 Å². The third-order valence-corrected chi connectivity index (χ3v) is 3.72. The molecule has 0 atom stereocenters. The van der Waals surface area contributed by atoms with Gasteiger partial charge in [0.15, 0.2) is 0 Å². The molecule has 110 valence electrons. The first-order valence-corrected chi connectivity index (χ1v) is 10.5. The minimum absolute atomic E-state index is 0.861. The molecule has 21 heavy (non-hydrogen) atoms. The van der Waals surface area contributed by atoms with E-state index in [0.717, 1.165) is 22.6 Å². The maximum atomic E-state index is 6.25. The second-order valence-corrected chi connectivity index (χ2v) is 10.3. The summed E-state index contributed by atoms with van der Waals surface area (Å²) in [7, 11) is 0.00745. The number of hydrogen-bond donors (Lipinski definition) is 0. The van der Waals surface area contributed by atoms with E-state index in [9.17, 15) is 0 Å². The van der Waals surface area contributed by atoms with Gasteiger partial charge >= 0.3 is 0 Å². The summed E-state index contributed by atoms with van der Waals surface area (Å²) in [6, 6.07) is 18.2. The smallest absolute Gasteiger partial charge is 0.242 e. The topological polar surface area (TPSA) is 18.5 Å². The van der Waals surface area contributed by atoms with E-state index in [1.54, 1.807) is 7.11 Å². The summed E-state index contributed by atoms with van der Waals surface area (Å²) in [5.41, 5.74) is 2.21. The van der Waals surface area contributed by atoms with E-state index < -0.39 is 8.32 Å². The van der Waals surface area contributed by atoms with Crippen molar-refractivity contribution in [1.29, 1.82) is 0 Å². The van der Waals surface area contributed by atoms with Crippen LogP contribution in [0.4, 0.5) is 0 Å². The molecular formula is C18H22O2Si. The van der Waals surface area contributed by atoms with Gasteiger partial charge in [0.2, 0.25) is 8.32 Å². The molecule has 0 spiro atoms. The number of hydrogen-bond acceptors (Lipinski definition) is 2. The summed E-state index contributed by atoms with van der Waals surface area (Å²) in [6.45, 7) is 6.58. The lowest BCUT2D eigenvalue weighted by Gasteiger charge is -2.22. The van der Waals surface area contributed by atoms with E-state index >= 15 is 0 Å². The summed E-state index contributed by atoms with van der Waals surface area (Å²) in [4.78, 5) is 0. The number of rotatable bonds is 5. The van der Waals surface area contributed by atoms with Crippen LogP contribution in [0.2, 0.25) is 19.6 Å². The van der Waals surface area contributed by atoms with E-state index in [-0.39, 0.29) is 0 Å². The lowest BCUT2D eigenvalue weighted by Crippen LogP contribution is -2.24.